The number of aromatic amines is 1. The lowest BCUT2D eigenvalue weighted by Gasteiger charge is -2.36. The number of amides is 1. The van der Waals surface area contributed by atoms with Gasteiger partial charge in [-0.2, -0.15) is 0 Å². The van der Waals surface area contributed by atoms with Crippen LogP contribution in [0.25, 0.3) is 0 Å². The van der Waals surface area contributed by atoms with Crippen molar-refractivity contribution in [1.29, 1.82) is 0 Å². The van der Waals surface area contributed by atoms with E-state index in [2.05, 4.69) is 4.98 Å². The second-order valence-electron chi connectivity index (χ2n) is 4.43. The van der Waals surface area contributed by atoms with Crippen LogP contribution in [0.4, 0.5) is 5.82 Å². The normalized spacial score (nSPS) is 23.4. The Morgan fingerprint density at radius 1 is 1.68 bits per heavy atom. The van der Waals surface area contributed by atoms with Crippen molar-refractivity contribution in [2.24, 2.45) is 0 Å². The number of halogens is 1. The number of rotatable bonds is 3. The van der Waals surface area contributed by atoms with Crippen LogP contribution < -0.4 is 0 Å². The molecule has 0 aliphatic carbocycles. The number of hydrogen-bond donors (Lipinski definition) is 1. The fourth-order valence-corrected chi connectivity index (χ4v) is 2.15. The first-order valence-electron chi connectivity index (χ1n) is 5.85. The van der Waals surface area contributed by atoms with Crippen LogP contribution in [0.5, 0.6) is 0 Å². The van der Waals surface area contributed by atoms with Crippen LogP contribution in [0.2, 0.25) is 0 Å². The maximum atomic E-state index is 12.3. The van der Waals surface area contributed by atoms with E-state index in [0.717, 1.165) is 0 Å². The quantitative estimate of drug-likeness (QED) is 0.517. The lowest BCUT2D eigenvalue weighted by molar-refractivity contribution is -0.389. The third-order valence-electron chi connectivity index (χ3n) is 3.04. The van der Waals surface area contributed by atoms with Gasteiger partial charge in [0.15, 0.2) is 5.69 Å². The molecule has 1 aliphatic heterocycles. The molecule has 2 heterocycles. The minimum atomic E-state index is -0.568. The molecule has 1 fully saturated rings. The van der Waals surface area contributed by atoms with E-state index in [1.807, 2.05) is 6.92 Å². The van der Waals surface area contributed by atoms with Gasteiger partial charge in [0.05, 0.1) is 24.6 Å². The predicted octanol–water partition coefficient (Wildman–Crippen LogP) is 1.39. The van der Waals surface area contributed by atoms with E-state index >= 15 is 0 Å². The van der Waals surface area contributed by atoms with Gasteiger partial charge in [0.1, 0.15) is 0 Å². The number of nitrogens with zero attached hydrogens (tertiary/aromatic N) is 2. The first kappa shape index (κ1) is 13.8. The molecule has 2 rings (SSSR count). The molecule has 0 radical (unpaired) electrons. The zero-order valence-corrected chi connectivity index (χ0v) is 11.1. The summed E-state index contributed by atoms with van der Waals surface area (Å²) in [4.78, 5) is 26.4. The molecule has 104 valence electrons. The van der Waals surface area contributed by atoms with Gasteiger partial charge < -0.3 is 19.8 Å². The Morgan fingerprint density at radius 3 is 3.00 bits per heavy atom. The van der Waals surface area contributed by atoms with E-state index < -0.39 is 4.92 Å². The first-order valence-corrected chi connectivity index (χ1v) is 6.38. The molecule has 2 atom stereocenters. The SMILES string of the molecule is CC1COC(CCl)CN1C(=O)c1ccc([N+](=O)[O-])[nH]1. The number of nitrogens with one attached hydrogen (secondary N) is 1. The Hall–Kier alpha value is -1.60. The van der Waals surface area contributed by atoms with Gasteiger partial charge in [-0.15, -0.1) is 11.6 Å². The highest BCUT2D eigenvalue weighted by Crippen LogP contribution is 2.18. The van der Waals surface area contributed by atoms with E-state index in [1.165, 1.54) is 12.1 Å². The van der Waals surface area contributed by atoms with E-state index in [1.54, 1.807) is 4.90 Å². The van der Waals surface area contributed by atoms with Crippen molar-refractivity contribution in [1.82, 2.24) is 9.88 Å². The maximum Gasteiger partial charge on any atom is 0.321 e. The van der Waals surface area contributed by atoms with E-state index in [-0.39, 0.29) is 29.6 Å². The van der Waals surface area contributed by atoms with Crippen molar-refractivity contribution in [3.8, 4) is 0 Å². The molecule has 1 aromatic rings. The predicted molar refractivity (Wildman–Crippen MR) is 68.4 cm³/mol. The molecule has 2 unspecified atom stereocenters. The fraction of sp³-hybridized carbons (Fsp3) is 0.545. The second kappa shape index (κ2) is 5.58. The number of H-pyrrole nitrogens is 1. The zero-order chi connectivity index (χ0) is 14.0. The molecule has 0 saturated carbocycles. The van der Waals surface area contributed by atoms with Gasteiger partial charge in [-0.3, -0.25) is 4.79 Å². The summed E-state index contributed by atoms with van der Waals surface area (Å²) >= 11 is 5.73. The fourth-order valence-electron chi connectivity index (χ4n) is 1.96. The highest BCUT2D eigenvalue weighted by Gasteiger charge is 2.31. The number of morpholine rings is 1. The van der Waals surface area contributed by atoms with E-state index in [9.17, 15) is 14.9 Å². The average molecular weight is 288 g/mol. The summed E-state index contributed by atoms with van der Waals surface area (Å²) in [5, 5.41) is 10.6. The van der Waals surface area contributed by atoms with Gasteiger partial charge in [0, 0.05) is 12.6 Å². The molecule has 19 heavy (non-hydrogen) atoms. The number of carbonyl (C=O) groups is 1. The van der Waals surface area contributed by atoms with Gasteiger partial charge in [0.2, 0.25) is 0 Å². The van der Waals surface area contributed by atoms with E-state index in [0.29, 0.717) is 19.0 Å². The van der Waals surface area contributed by atoms with Crippen LogP contribution in [-0.4, -0.2) is 51.9 Å². The van der Waals surface area contributed by atoms with Crippen molar-refractivity contribution in [2.75, 3.05) is 19.0 Å². The molecule has 0 spiro atoms. The molecular formula is C11H14ClN3O4. The number of hydrogen-bond acceptors (Lipinski definition) is 4. The molecule has 1 saturated heterocycles. The molecule has 1 N–H and O–H groups in total. The Kier molecular flexibility index (Phi) is 4.06. The molecule has 1 amide bonds. The number of alkyl halides is 1. The van der Waals surface area contributed by atoms with Gasteiger partial charge in [0.25, 0.3) is 5.91 Å². The molecule has 0 aromatic carbocycles. The van der Waals surface area contributed by atoms with Gasteiger partial charge in [-0.1, -0.05) is 0 Å². The zero-order valence-electron chi connectivity index (χ0n) is 10.3. The topological polar surface area (TPSA) is 88.5 Å². The summed E-state index contributed by atoms with van der Waals surface area (Å²) in [6, 6.07) is 2.60. The van der Waals surface area contributed by atoms with Gasteiger partial charge >= 0.3 is 5.82 Å². The van der Waals surface area contributed by atoms with Crippen molar-refractivity contribution in [3.63, 3.8) is 0 Å². The van der Waals surface area contributed by atoms with Crippen LogP contribution in [0, 0.1) is 10.1 Å². The molecule has 0 bridgehead atoms. The lowest BCUT2D eigenvalue weighted by Crippen LogP contribution is -2.51. The number of aromatic nitrogens is 1. The van der Waals surface area contributed by atoms with Crippen LogP contribution >= 0.6 is 11.6 Å². The Labute approximate surface area is 114 Å². The van der Waals surface area contributed by atoms with E-state index in [4.69, 9.17) is 16.3 Å². The summed E-state index contributed by atoms with van der Waals surface area (Å²) in [6.45, 7) is 2.65. The highest BCUT2D eigenvalue weighted by molar-refractivity contribution is 6.18. The maximum absolute atomic E-state index is 12.3. The lowest BCUT2D eigenvalue weighted by atomic mass is 10.2. The minimum absolute atomic E-state index is 0.0886. The second-order valence-corrected chi connectivity index (χ2v) is 4.74. The highest BCUT2D eigenvalue weighted by atomic mass is 35.5. The smallest absolute Gasteiger partial charge is 0.321 e. The first-order chi connectivity index (χ1) is 9.02. The van der Waals surface area contributed by atoms with Crippen LogP contribution in [0.1, 0.15) is 17.4 Å². The van der Waals surface area contributed by atoms with Crippen molar-refractivity contribution >= 4 is 23.3 Å². The molecule has 8 heteroatoms. The van der Waals surface area contributed by atoms with Gasteiger partial charge in [-0.25, -0.2) is 4.98 Å². The summed E-state index contributed by atoms with van der Waals surface area (Å²) in [6.07, 6.45) is -0.202. The average Bonchev–Trinajstić information content (AvgIpc) is 2.88. The van der Waals surface area contributed by atoms with Crippen LogP contribution in [0.15, 0.2) is 12.1 Å². The van der Waals surface area contributed by atoms with Crippen LogP contribution in [-0.2, 0) is 4.74 Å². The summed E-state index contributed by atoms with van der Waals surface area (Å²) in [5.74, 6) is -0.168. The molecular weight excluding hydrogens is 274 g/mol. The summed E-state index contributed by atoms with van der Waals surface area (Å²) in [7, 11) is 0. The van der Waals surface area contributed by atoms with Crippen molar-refractivity contribution < 1.29 is 14.5 Å². The largest absolute Gasteiger partial charge is 0.373 e. The Morgan fingerprint density at radius 2 is 2.42 bits per heavy atom. The molecule has 1 aromatic heterocycles. The Bertz CT molecular complexity index is 490. The summed E-state index contributed by atoms with van der Waals surface area (Å²) < 4.78 is 5.45. The number of nitro groups is 1. The monoisotopic (exact) mass is 287 g/mol. The van der Waals surface area contributed by atoms with Crippen LogP contribution in [0.3, 0.4) is 0 Å². The van der Waals surface area contributed by atoms with Gasteiger partial charge in [-0.05, 0) is 17.9 Å². The minimum Gasteiger partial charge on any atom is -0.373 e. The Balaban J connectivity index is 2.14. The third kappa shape index (κ3) is 2.87. The molecule has 7 nitrogen and oxygen atoms in total. The molecule has 1 aliphatic rings. The third-order valence-corrected chi connectivity index (χ3v) is 3.38. The standard InChI is InChI=1S/C11H14ClN3O4/c1-7-6-19-8(4-12)5-14(7)11(16)9-2-3-10(13-9)15(17)18/h2-3,7-8,13H,4-6H2,1H3. The summed E-state index contributed by atoms with van der Waals surface area (Å²) in [5.41, 5.74) is 0.203. The van der Waals surface area contributed by atoms with Crippen molar-refractivity contribution in [3.05, 3.63) is 27.9 Å². The number of carbonyl (C=O) groups excluding carboxylic acids is 1. The van der Waals surface area contributed by atoms with Crippen molar-refractivity contribution in [2.45, 2.75) is 19.1 Å². The number of ether oxygens (including phenoxy) is 1.